The second kappa shape index (κ2) is 12.5. The van der Waals surface area contributed by atoms with Gasteiger partial charge in [0.1, 0.15) is 0 Å². The van der Waals surface area contributed by atoms with Crippen LogP contribution in [0.3, 0.4) is 0 Å². The summed E-state index contributed by atoms with van der Waals surface area (Å²) in [6, 6.07) is 9.06. The Balaban J connectivity index is 1.34. The van der Waals surface area contributed by atoms with Crippen molar-refractivity contribution in [1.82, 2.24) is 4.90 Å². The third-order valence-electron chi connectivity index (χ3n) is 6.34. The van der Waals surface area contributed by atoms with Crippen molar-refractivity contribution in [3.8, 4) is 0 Å². The molecule has 1 aromatic carbocycles. The van der Waals surface area contributed by atoms with Crippen LogP contribution >= 0.6 is 11.8 Å². The lowest BCUT2D eigenvalue weighted by atomic mass is 10.1. The molecule has 1 amide bonds. The van der Waals surface area contributed by atoms with Gasteiger partial charge < -0.3 is 19.4 Å². The van der Waals surface area contributed by atoms with Gasteiger partial charge >= 0.3 is 0 Å². The number of benzene rings is 1. The quantitative estimate of drug-likeness (QED) is 0.515. The van der Waals surface area contributed by atoms with Gasteiger partial charge in [0, 0.05) is 76.5 Å². The number of hydrogen-bond acceptors (Lipinski definition) is 5. The number of ether oxygens (including phenoxy) is 1. The molecule has 0 spiro atoms. The van der Waals surface area contributed by atoms with E-state index in [2.05, 4.69) is 45.8 Å². The number of carbonyl (C=O) groups excluding carboxylic acids is 1. The van der Waals surface area contributed by atoms with Gasteiger partial charge in [-0.2, -0.15) is 11.8 Å². The summed E-state index contributed by atoms with van der Waals surface area (Å²) >= 11 is 2.19. The lowest BCUT2D eigenvalue weighted by Gasteiger charge is -2.36. The van der Waals surface area contributed by atoms with Crippen LogP contribution in [0.5, 0.6) is 0 Å². The Bertz CT molecular complexity index is 624. The highest BCUT2D eigenvalue weighted by molar-refractivity contribution is 7.99. The smallest absolute Gasteiger partial charge is 0.219 e. The average Bonchev–Trinajstić information content (AvgIpc) is 2.79. The fraction of sp³-hybridized carbons (Fsp3) is 0.708. The van der Waals surface area contributed by atoms with Crippen LogP contribution in [-0.4, -0.2) is 74.8 Å². The van der Waals surface area contributed by atoms with Crippen LogP contribution < -0.4 is 9.80 Å². The summed E-state index contributed by atoms with van der Waals surface area (Å²) in [7, 11) is 1.79. The van der Waals surface area contributed by atoms with Crippen molar-refractivity contribution in [2.75, 3.05) is 68.5 Å². The molecule has 30 heavy (non-hydrogen) atoms. The fourth-order valence-corrected chi connectivity index (χ4v) is 5.63. The highest BCUT2D eigenvalue weighted by atomic mass is 32.2. The standard InChI is InChI=1S/C24H39N3O2S/c1-21(28)25-15-17-27(18-16-25)23-9-7-22(8-10-23)26-13-11-24(12-14-26)30-20-6-4-3-5-19-29-2/h7-10,24H,3-6,11-20H2,1-2H3. The Hall–Kier alpha value is -1.40. The number of piperazine rings is 1. The maximum Gasteiger partial charge on any atom is 0.219 e. The molecule has 0 N–H and O–H groups in total. The van der Waals surface area contributed by atoms with Crippen molar-refractivity contribution in [2.24, 2.45) is 0 Å². The van der Waals surface area contributed by atoms with E-state index in [1.165, 1.54) is 68.7 Å². The molecule has 168 valence electrons. The number of unbranched alkanes of at least 4 members (excludes halogenated alkanes) is 3. The summed E-state index contributed by atoms with van der Waals surface area (Å²) in [6.45, 7) is 8.41. The van der Waals surface area contributed by atoms with Gasteiger partial charge in [-0.1, -0.05) is 12.8 Å². The minimum absolute atomic E-state index is 0.189. The lowest BCUT2D eigenvalue weighted by molar-refractivity contribution is -0.129. The second-order valence-electron chi connectivity index (χ2n) is 8.47. The molecule has 0 bridgehead atoms. The molecule has 1 aromatic rings. The van der Waals surface area contributed by atoms with E-state index >= 15 is 0 Å². The van der Waals surface area contributed by atoms with E-state index in [0.29, 0.717) is 0 Å². The molecule has 2 aliphatic rings. The number of amides is 1. The van der Waals surface area contributed by atoms with Crippen LogP contribution in [0.25, 0.3) is 0 Å². The van der Waals surface area contributed by atoms with E-state index in [4.69, 9.17) is 4.74 Å². The maximum atomic E-state index is 11.5. The van der Waals surface area contributed by atoms with E-state index in [1.54, 1.807) is 14.0 Å². The Labute approximate surface area is 187 Å². The molecule has 2 fully saturated rings. The van der Waals surface area contributed by atoms with Crippen molar-refractivity contribution in [3.05, 3.63) is 24.3 Å². The summed E-state index contributed by atoms with van der Waals surface area (Å²) in [4.78, 5) is 18.4. The molecule has 0 unspecified atom stereocenters. The topological polar surface area (TPSA) is 36.0 Å². The molecule has 0 atom stereocenters. The molecule has 0 saturated carbocycles. The maximum absolute atomic E-state index is 11.5. The first-order valence-corrected chi connectivity index (χ1v) is 12.7. The van der Waals surface area contributed by atoms with E-state index in [1.807, 2.05) is 4.90 Å². The predicted octanol–water partition coefficient (Wildman–Crippen LogP) is 4.26. The highest BCUT2D eigenvalue weighted by Gasteiger charge is 2.21. The van der Waals surface area contributed by atoms with E-state index in [-0.39, 0.29) is 5.91 Å². The van der Waals surface area contributed by atoms with Crippen molar-refractivity contribution in [3.63, 3.8) is 0 Å². The summed E-state index contributed by atoms with van der Waals surface area (Å²) < 4.78 is 5.11. The lowest BCUT2D eigenvalue weighted by Crippen LogP contribution is -2.48. The molecule has 3 rings (SSSR count). The average molecular weight is 434 g/mol. The van der Waals surface area contributed by atoms with E-state index < -0.39 is 0 Å². The van der Waals surface area contributed by atoms with Crippen LogP contribution in [0.1, 0.15) is 45.4 Å². The first kappa shape index (κ1) is 23.3. The van der Waals surface area contributed by atoms with Crippen molar-refractivity contribution >= 4 is 29.0 Å². The van der Waals surface area contributed by atoms with Gasteiger partial charge in [-0.25, -0.2) is 0 Å². The zero-order valence-corrected chi connectivity index (χ0v) is 19.7. The number of methoxy groups -OCH3 is 1. The van der Waals surface area contributed by atoms with Crippen LogP contribution in [0.2, 0.25) is 0 Å². The number of nitrogens with zero attached hydrogens (tertiary/aromatic N) is 3. The van der Waals surface area contributed by atoms with Gasteiger partial charge in [-0.15, -0.1) is 0 Å². The molecule has 6 heteroatoms. The van der Waals surface area contributed by atoms with Gasteiger partial charge in [-0.05, 0) is 55.7 Å². The van der Waals surface area contributed by atoms with Crippen molar-refractivity contribution < 1.29 is 9.53 Å². The Morgan fingerprint density at radius 3 is 2.03 bits per heavy atom. The predicted molar refractivity (Wildman–Crippen MR) is 129 cm³/mol. The summed E-state index contributed by atoms with van der Waals surface area (Å²) in [6.07, 6.45) is 7.77. The number of thioether (sulfide) groups is 1. The molecular weight excluding hydrogens is 394 g/mol. The zero-order chi connectivity index (χ0) is 21.2. The van der Waals surface area contributed by atoms with Crippen LogP contribution in [0.15, 0.2) is 24.3 Å². The van der Waals surface area contributed by atoms with Crippen molar-refractivity contribution in [2.45, 2.75) is 50.7 Å². The van der Waals surface area contributed by atoms with Gasteiger partial charge in [0.25, 0.3) is 0 Å². The minimum Gasteiger partial charge on any atom is -0.385 e. The third kappa shape index (κ3) is 7.09. The highest BCUT2D eigenvalue weighted by Crippen LogP contribution is 2.29. The number of piperidine rings is 1. The van der Waals surface area contributed by atoms with Crippen molar-refractivity contribution in [1.29, 1.82) is 0 Å². The van der Waals surface area contributed by atoms with Crippen LogP contribution in [0.4, 0.5) is 11.4 Å². The summed E-state index contributed by atoms with van der Waals surface area (Å²) in [5.41, 5.74) is 2.63. The van der Waals surface area contributed by atoms with Gasteiger partial charge in [0.05, 0.1) is 0 Å². The first-order valence-electron chi connectivity index (χ1n) is 11.6. The molecular formula is C24H39N3O2S. The normalized spacial score (nSPS) is 18.1. The molecule has 2 aliphatic heterocycles. The van der Waals surface area contributed by atoms with Gasteiger partial charge in [-0.3, -0.25) is 4.79 Å². The van der Waals surface area contributed by atoms with Crippen LogP contribution in [-0.2, 0) is 9.53 Å². The molecule has 0 aliphatic carbocycles. The van der Waals surface area contributed by atoms with Gasteiger partial charge in [0.2, 0.25) is 5.91 Å². The fourth-order valence-electron chi connectivity index (χ4n) is 4.39. The molecule has 5 nitrogen and oxygen atoms in total. The third-order valence-corrected chi connectivity index (χ3v) is 7.81. The number of hydrogen-bond donors (Lipinski definition) is 0. The molecule has 2 saturated heterocycles. The molecule has 2 heterocycles. The van der Waals surface area contributed by atoms with Gasteiger partial charge in [0.15, 0.2) is 0 Å². The monoisotopic (exact) mass is 433 g/mol. The van der Waals surface area contributed by atoms with E-state index in [9.17, 15) is 4.79 Å². The second-order valence-corrected chi connectivity index (χ2v) is 9.88. The Morgan fingerprint density at radius 1 is 0.900 bits per heavy atom. The Kier molecular flexibility index (Phi) is 9.66. The number of rotatable bonds is 10. The van der Waals surface area contributed by atoms with E-state index in [0.717, 1.165) is 38.0 Å². The molecule has 0 radical (unpaired) electrons. The summed E-state index contributed by atoms with van der Waals surface area (Å²) in [5.74, 6) is 1.50. The first-order chi connectivity index (χ1) is 14.7. The minimum atomic E-state index is 0.189. The molecule has 0 aromatic heterocycles. The SMILES string of the molecule is COCCCCCCSC1CCN(c2ccc(N3CCN(C(C)=O)CC3)cc2)CC1. The largest absolute Gasteiger partial charge is 0.385 e. The zero-order valence-electron chi connectivity index (χ0n) is 18.9. The number of anilines is 2. The number of carbonyl (C=O) groups is 1. The Morgan fingerprint density at radius 2 is 1.47 bits per heavy atom. The van der Waals surface area contributed by atoms with Crippen LogP contribution in [0, 0.1) is 0 Å². The summed E-state index contributed by atoms with van der Waals surface area (Å²) in [5, 5.41) is 0.831.